The van der Waals surface area contributed by atoms with Crippen LogP contribution in [-0.2, 0) is 6.54 Å². The Morgan fingerprint density at radius 3 is 2.31 bits per heavy atom. The molecule has 0 spiro atoms. The third-order valence-corrected chi connectivity index (χ3v) is 5.43. The number of nitrogens with two attached hydrogens (primary N) is 2. The van der Waals surface area contributed by atoms with Crippen LogP contribution < -0.4 is 20.9 Å². The Hall–Kier alpha value is -4.08. The van der Waals surface area contributed by atoms with Crippen molar-refractivity contribution in [1.29, 1.82) is 0 Å². The van der Waals surface area contributed by atoms with Crippen molar-refractivity contribution >= 4 is 11.9 Å². The Bertz CT molecular complexity index is 1190. The van der Waals surface area contributed by atoms with Gasteiger partial charge in [0.25, 0.3) is 5.91 Å². The highest BCUT2D eigenvalue weighted by Crippen LogP contribution is 2.40. The summed E-state index contributed by atoms with van der Waals surface area (Å²) in [5, 5.41) is 4.55. The number of halogens is 1. The third kappa shape index (κ3) is 3.59. The van der Waals surface area contributed by atoms with Crippen molar-refractivity contribution in [3.63, 3.8) is 0 Å². The molecule has 0 bridgehead atoms. The van der Waals surface area contributed by atoms with E-state index in [9.17, 15) is 14.0 Å². The first-order chi connectivity index (χ1) is 15.3. The lowest BCUT2D eigenvalue weighted by Crippen LogP contribution is -2.46. The number of urea groups is 1. The molecule has 10 heteroatoms. The molecule has 0 saturated carbocycles. The molecule has 2 heterocycles. The lowest BCUT2D eigenvalue weighted by Gasteiger charge is -2.36. The van der Waals surface area contributed by atoms with Gasteiger partial charge in [-0.15, -0.1) is 0 Å². The number of primary amides is 2. The molecule has 3 amide bonds. The van der Waals surface area contributed by atoms with E-state index in [0.717, 1.165) is 0 Å². The number of rotatable bonds is 5. The third-order valence-electron chi connectivity index (χ3n) is 5.43. The molecule has 4 rings (SSSR count). The zero-order valence-corrected chi connectivity index (χ0v) is 17.5. The maximum Gasteiger partial charge on any atom is 0.315 e. The van der Waals surface area contributed by atoms with Gasteiger partial charge >= 0.3 is 6.03 Å². The van der Waals surface area contributed by atoms with Crippen LogP contribution in [-0.4, -0.2) is 47.4 Å². The lowest BCUT2D eigenvalue weighted by molar-refractivity contribution is 0.0995. The number of fused-ring (bicyclic) bond motifs is 1. The second-order valence-electron chi connectivity index (χ2n) is 7.29. The molecule has 0 fully saturated rings. The molecule has 0 radical (unpaired) electrons. The van der Waals surface area contributed by atoms with E-state index in [1.807, 2.05) is 0 Å². The molecule has 1 aliphatic heterocycles. The molecule has 3 aromatic rings. The molecule has 1 aromatic heterocycles. The number of hydrogen-bond donors (Lipinski definition) is 2. The number of amides is 3. The molecular weight excluding hydrogens is 417 g/mol. The molecule has 1 unspecified atom stereocenters. The fourth-order valence-electron chi connectivity index (χ4n) is 4.05. The van der Waals surface area contributed by atoms with Crippen LogP contribution in [0.25, 0.3) is 11.3 Å². The van der Waals surface area contributed by atoms with E-state index >= 15 is 0 Å². The van der Waals surface area contributed by atoms with Gasteiger partial charge in [0.2, 0.25) is 0 Å². The van der Waals surface area contributed by atoms with Gasteiger partial charge in [-0.3, -0.25) is 9.48 Å². The standard InChI is InChI=1S/C22H22FN5O4/c1-31-15-9-13(10-16(11-15)32-2)19-20-17(21(24)29)18(12-4-3-5-14(23)8-12)26-28(20)7-6-27(19)22(25)30/h3-5,8-11,19H,6-7H2,1-2H3,(H2,24,29)(H2,25,30). The van der Waals surface area contributed by atoms with Gasteiger partial charge in [0.05, 0.1) is 32.0 Å². The maximum absolute atomic E-state index is 13.9. The molecule has 2 aromatic carbocycles. The normalized spacial score (nSPS) is 15.2. The first kappa shape index (κ1) is 21.2. The highest BCUT2D eigenvalue weighted by Gasteiger charge is 2.38. The highest BCUT2D eigenvalue weighted by molar-refractivity contribution is 6.00. The van der Waals surface area contributed by atoms with Gasteiger partial charge in [-0.05, 0) is 29.8 Å². The zero-order chi connectivity index (χ0) is 23.0. The van der Waals surface area contributed by atoms with E-state index in [1.54, 1.807) is 28.9 Å². The number of carbonyl (C=O) groups excluding carboxylic acids is 2. The van der Waals surface area contributed by atoms with Crippen LogP contribution in [0, 0.1) is 5.82 Å². The minimum Gasteiger partial charge on any atom is -0.497 e. The summed E-state index contributed by atoms with van der Waals surface area (Å²) < 4.78 is 26.2. The Kier molecular flexibility index (Phi) is 5.43. The predicted octanol–water partition coefficient (Wildman–Crippen LogP) is 2.29. The minimum absolute atomic E-state index is 0.0911. The second-order valence-corrected chi connectivity index (χ2v) is 7.29. The van der Waals surface area contributed by atoms with Crippen molar-refractivity contribution in [2.45, 2.75) is 12.6 Å². The topological polar surface area (TPSA) is 126 Å². The largest absolute Gasteiger partial charge is 0.497 e. The Morgan fingerprint density at radius 2 is 1.75 bits per heavy atom. The average Bonchev–Trinajstić information content (AvgIpc) is 3.18. The number of ether oxygens (including phenoxy) is 2. The van der Waals surface area contributed by atoms with E-state index < -0.39 is 23.8 Å². The first-order valence-corrected chi connectivity index (χ1v) is 9.79. The number of benzene rings is 2. The van der Waals surface area contributed by atoms with Crippen LogP contribution >= 0.6 is 0 Å². The molecule has 32 heavy (non-hydrogen) atoms. The summed E-state index contributed by atoms with van der Waals surface area (Å²) in [5.41, 5.74) is 13.1. The summed E-state index contributed by atoms with van der Waals surface area (Å²) in [7, 11) is 3.01. The van der Waals surface area contributed by atoms with Crippen LogP contribution in [0.3, 0.4) is 0 Å². The Balaban J connectivity index is 2.00. The van der Waals surface area contributed by atoms with Gasteiger partial charge in [-0.25, -0.2) is 9.18 Å². The van der Waals surface area contributed by atoms with E-state index in [4.69, 9.17) is 20.9 Å². The van der Waals surface area contributed by atoms with Gasteiger partial charge in [0.1, 0.15) is 29.1 Å². The van der Waals surface area contributed by atoms with Gasteiger partial charge in [0.15, 0.2) is 0 Å². The number of aromatic nitrogens is 2. The summed E-state index contributed by atoms with van der Waals surface area (Å²) in [6, 6.07) is 9.39. The number of carbonyl (C=O) groups is 2. The summed E-state index contributed by atoms with van der Waals surface area (Å²) in [4.78, 5) is 26.4. The minimum atomic E-state index is -0.789. The van der Waals surface area contributed by atoms with Crippen LogP contribution in [0.15, 0.2) is 42.5 Å². The number of nitrogens with zero attached hydrogens (tertiary/aromatic N) is 3. The van der Waals surface area contributed by atoms with Gasteiger partial charge in [0, 0.05) is 18.2 Å². The molecule has 166 valence electrons. The smallest absolute Gasteiger partial charge is 0.315 e. The van der Waals surface area contributed by atoms with Crippen molar-refractivity contribution in [2.75, 3.05) is 20.8 Å². The van der Waals surface area contributed by atoms with E-state index in [0.29, 0.717) is 28.3 Å². The quantitative estimate of drug-likeness (QED) is 0.631. The summed E-state index contributed by atoms with van der Waals surface area (Å²) >= 11 is 0. The van der Waals surface area contributed by atoms with Gasteiger partial charge in [-0.1, -0.05) is 12.1 Å². The Morgan fingerprint density at radius 1 is 1.06 bits per heavy atom. The van der Waals surface area contributed by atoms with Crippen molar-refractivity contribution in [2.24, 2.45) is 11.5 Å². The fourth-order valence-corrected chi connectivity index (χ4v) is 4.05. The highest BCUT2D eigenvalue weighted by atomic mass is 19.1. The van der Waals surface area contributed by atoms with Crippen molar-refractivity contribution in [3.05, 3.63) is 65.1 Å². The SMILES string of the molecule is COc1cc(OC)cc(C2c3c(C(N)=O)c(-c4cccc(F)c4)nn3CCN2C(N)=O)c1. The molecule has 0 saturated heterocycles. The second kappa shape index (κ2) is 8.22. The molecule has 1 atom stereocenters. The van der Waals surface area contributed by atoms with Crippen LogP contribution in [0.2, 0.25) is 0 Å². The maximum atomic E-state index is 13.9. The van der Waals surface area contributed by atoms with E-state index in [-0.39, 0.29) is 24.3 Å². The fraction of sp³-hybridized carbons (Fsp3) is 0.227. The average molecular weight is 439 g/mol. The summed E-state index contributed by atoms with van der Waals surface area (Å²) in [6.07, 6.45) is 0. The van der Waals surface area contributed by atoms with Crippen molar-refractivity contribution in [1.82, 2.24) is 14.7 Å². The Labute approximate surface area is 183 Å². The lowest BCUT2D eigenvalue weighted by atomic mass is 9.94. The molecule has 9 nitrogen and oxygen atoms in total. The van der Waals surface area contributed by atoms with Gasteiger partial charge in [-0.2, -0.15) is 5.10 Å². The van der Waals surface area contributed by atoms with E-state index in [1.165, 1.54) is 37.3 Å². The summed E-state index contributed by atoms with van der Waals surface area (Å²) in [6.45, 7) is 0.528. The first-order valence-electron chi connectivity index (χ1n) is 9.79. The molecule has 0 aliphatic carbocycles. The number of methoxy groups -OCH3 is 2. The monoisotopic (exact) mass is 439 g/mol. The predicted molar refractivity (Wildman–Crippen MR) is 114 cm³/mol. The molecule has 4 N–H and O–H groups in total. The number of hydrogen-bond acceptors (Lipinski definition) is 5. The van der Waals surface area contributed by atoms with Gasteiger partial charge < -0.3 is 25.8 Å². The summed E-state index contributed by atoms with van der Waals surface area (Å²) in [5.74, 6) is -0.244. The van der Waals surface area contributed by atoms with Crippen LogP contribution in [0.4, 0.5) is 9.18 Å². The van der Waals surface area contributed by atoms with Crippen molar-refractivity contribution < 1.29 is 23.5 Å². The molecular formula is C22H22FN5O4. The van der Waals surface area contributed by atoms with Crippen LogP contribution in [0.5, 0.6) is 11.5 Å². The van der Waals surface area contributed by atoms with Crippen molar-refractivity contribution in [3.8, 4) is 22.8 Å². The van der Waals surface area contributed by atoms with Crippen LogP contribution in [0.1, 0.15) is 27.7 Å². The zero-order valence-electron chi connectivity index (χ0n) is 17.5. The van der Waals surface area contributed by atoms with E-state index in [2.05, 4.69) is 5.10 Å². The molecule has 1 aliphatic rings.